The maximum absolute atomic E-state index is 9.97. The van der Waals surface area contributed by atoms with Crippen molar-refractivity contribution in [3.8, 4) is 0 Å². The van der Waals surface area contributed by atoms with Crippen LogP contribution in [0.2, 0.25) is 4.34 Å². The molecule has 1 N–H and O–H groups in total. The number of hydrogen-bond donors (Lipinski definition) is 1. The van der Waals surface area contributed by atoms with Crippen LogP contribution >= 0.6 is 34.3 Å². The summed E-state index contributed by atoms with van der Waals surface area (Å²) < 4.78 is 0.620. The van der Waals surface area contributed by atoms with Gasteiger partial charge in [-0.25, -0.2) is 4.98 Å². The molecule has 0 fully saturated rings. The van der Waals surface area contributed by atoms with Crippen LogP contribution in [-0.4, -0.2) is 10.1 Å². The fraction of sp³-hybridized carbons (Fsp3) is 0.364. The molecular formula is C11H12ClNOS2. The molecular weight excluding hydrogens is 262 g/mol. The van der Waals surface area contributed by atoms with E-state index in [-0.39, 0.29) is 0 Å². The minimum absolute atomic E-state index is 0.541. The topological polar surface area (TPSA) is 33.1 Å². The van der Waals surface area contributed by atoms with Crippen molar-refractivity contribution in [1.82, 2.24) is 4.98 Å². The van der Waals surface area contributed by atoms with Gasteiger partial charge in [-0.15, -0.1) is 22.7 Å². The van der Waals surface area contributed by atoms with E-state index in [2.05, 4.69) is 24.0 Å². The molecule has 0 saturated heterocycles. The van der Waals surface area contributed by atoms with Crippen molar-refractivity contribution in [2.24, 2.45) is 0 Å². The van der Waals surface area contributed by atoms with Gasteiger partial charge in [0.2, 0.25) is 0 Å². The van der Waals surface area contributed by atoms with Crippen LogP contribution < -0.4 is 0 Å². The molecule has 0 aromatic carbocycles. The first-order valence-electron chi connectivity index (χ1n) is 5.06. The second-order valence-electron chi connectivity index (χ2n) is 3.44. The predicted molar refractivity (Wildman–Crippen MR) is 69.5 cm³/mol. The van der Waals surface area contributed by atoms with Gasteiger partial charge in [-0.3, -0.25) is 0 Å². The van der Waals surface area contributed by atoms with Crippen molar-refractivity contribution < 1.29 is 5.11 Å². The van der Waals surface area contributed by atoms with E-state index in [1.54, 1.807) is 17.5 Å². The highest BCUT2D eigenvalue weighted by Gasteiger charge is 2.13. The molecule has 1 unspecified atom stereocenters. The molecule has 0 bridgehead atoms. The average Bonchev–Trinajstić information content (AvgIpc) is 2.87. The third-order valence-electron chi connectivity index (χ3n) is 2.24. The number of hydrogen-bond acceptors (Lipinski definition) is 4. The molecule has 0 aliphatic rings. The third-order valence-corrected chi connectivity index (χ3v) is 4.71. The predicted octanol–water partition coefficient (Wildman–Crippen LogP) is 3.70. The first-order valence-corrected chi connectivity index (χ1v) is 7.07. The zero-order valence-electron chi connectivity index (χ0n) is 8.81. The second kappa shape index (κ2) is 5.27. The Morgan fingerprint density at radius 1 is 1.38 bits per heavy atom. The quantitative estimate of drug-likeness (QED) is 0.921. The molecule has 2 aromatic rings. The molecule has 2 nitrogen and oxygen atoms in total. The Labute approximate surface area is 108 Å². The monoisotopic (exact) mass is 273 g/mol. The highest BCUT2D eigenvalue weighted by atomic mass is 35.5. The molecule has 16 heavy (non-hydrogen) atoms. The summed E-state index contributed by atoms with van der Waals surface area (Å²) >= 11 is 8.86. The Kier molecular flexibility index (Phi) is 3.97. The highest BCUT2D eigenvalue weighted by molar-refractivity contribution is 7.15. The van der Waals surface area contributed by atoms with Crippen LogP contribution in [0.4, 0.5) is 0 Å². The Morgan fingerprint density at radius 3 is 2.69 bits per heavy atom. The average molecular weight is 274 g/mol. The molecule has 2 aromatic heterocycles. The normalized spacial score (nSPS) is 12.9. The van der Waals surface area contributed by atoms with E-state index in [9.17, 15) is 5.11 Å². The fourth-order valence-corrected chi connectivity index (χ4v) is 3.33. The Bertz CT molecular complexity index is 466. The summed E-state index contributed by atoms with van der Waals surface area (Å²) in [5, 5.41) is 10.7. The van der Waals surface area contributed by atoms with Gasteiger partial charge in [0, 0.05) is 16.2 Å². The SMILES string of the molecule is CCc1ccc(CC(O)c2ncc(Cl)s2)s1. The molecule has 0 saturated carbocycles. The number of aromatic nitrogens is 1. The molecule has 0 aliphatic heterocycles. The third kappa shape index (κ3) is 2.83. The lowest BCUT2D eigenvalue weighted by Crippen LogP contribution is -1.99. The number of aliphatic hydroxyl groups excluding tert-OH is 1. The molecule has 0 spiro atoms. The molecule has 0 amide bonds. The number of halogens is 1. The smallest absolute Gasteiger partial charge is 0.123 e. The molecule has 0 aliphatic carbocycles. The number of thiazole rings is 1. The molecule has 5 heteroatoms. The van der Waals surface area contributed by atoms with Crippen LogP contribution in [0.15, 0.2) is 18.3 Å². The van der Waals surface area contributed by atoms with E-state index in [0.29, 0.717) is 15.8 Å². The minimum atomic E-state index is -0.541. The first-order chi connectivity index (χ1) is 7.69. The summed E-state index contributed by atoms with van der Waals surface area (Å²) in [6.07, 6.45) is 2.70. The zero-order valence-corrected chi connectivity index (χ0v) is 11.2. The van der Waals surface area contributed by atoms with Crippen LogP contribution in [0.3, 0.4) is 0 Å². The number of thiophene rings is 1. The molecule has 1 atom stereocenters. The van der Waals surface area contributed by atoms with Crippen LogP contribution in [-0.2, 0) is 12.8 Å². The standard InChI is InChI=1S/C11H12ClNOS2/c1-2-7-3-4-8(15-7)5-9(14)11-13-6-10(12)16-11/h3-4,6,9,14H,2,5H2,1H3. The van der Waals surface area contributed by atoms with Gasteiger partial charge < -0.3 is 5.11 Å². The Morgan fingerprint density at radius 2 is 2.12 bits per heavy atom. The van der Waals surface area contributed by atoms with Crippen molar-refractivity contribution in [1.29, 1.82) is 0 Å². The summed E-state index contributed by atoms with van der Waals surface area (Å²) in [6.45, 7) is 2.13. The fourth-order valence-electron chi connectivity index (χ4n) is 1.42. The lowest BCUT2D eigenvalue weighted by atomic mass is 10.2. The van der Waals surface area contributed by atoms with E-state index < -0.39 is 6.10 Å². The van der Waals surface area contributed by atoms with Gasteiger partial charge in [0.05, 0.1) is 6.20 Å². The molecule has 86 valence electrons. The Hall–Kier alpha value is -0.420. The van der Waals surface area contributed by atoms with Crippen molar-refractivity contribution >= 4 is 34.3 Å². The summed E-state index contributed by atoms with van der Waals surface area (Å²) in [6, 6.07) is 4.18. The van der Waals surface area contributed by atoms with Crippen LogP contribution in [0.25, 0.3) is 0 Å². The second-order valence-corrected chi connectivity index (χ2v) is 6.39. The van der Waals surface area contributed by atoms with Crippen molar-refractivity contribution in [2.45, 2.75) is 25.9 Å². The van der Waals surface area contributed by atoms with Crippen LogP contribution in [0, 0.1) is 0 Å². The van der Waals surface area contributed by atoms with Crippen LogP contribution in [0.5, 0.6) is 0 Å². The van der Waals surface area contributed by atoms with E-state index in [1.807, 2.05) is 0 Å². The zero-order chi connectivity index (χ0) is 11.5. The van der Waals surface area contributed by atoms with Gasteiger partial charge in [0.1, 0.15) is 15.4 Å². The van der Waals surface area contributed by atoms with Gasteiger partial charge in [-0.2, -0.15) is 0 Å². The van der Waals surface area contributed by atoms with Gasteiger partial charge in [-0.05, 0) is 18.6 Å². The van der Waals surface area contributed by atoms with E-state index in [0.717, 1.165) is 6.42 Å². The molecule has 0 radical (unpaired) electrons. The maximum atomic E-state index is 9.97. The van der Waals surface area contributed by atoms with Gasteiger partial charge in [-0.1, -0.05) is 18.5 Å². The summed E-state index contributed by atoms with van der Waals surface area (Å²) in [7, 11) is 0. The first kappa shape index (κ1) is 12.0. The van der Waals surface area contributed by atoms with Crippen molar-refractivity contribution in [2.75, 3.05) is 0 Å². The summed E-state index contributed by atoms with van der Waals surface area (Å²) in [5.74, 6) is 0. The largest absolute Gasteiger partial charge is 0.386 e. The number of aryl methyl sites for hydroxylation is 1. The lowest BCUT2D eigenvalue weighted by Gasteiger charge is -2.04. The number of nitrogens with zero attached hydrogens (tertiary/aromatic N) is 1. The Balaban J connectivity index is 2.04. The minimum Gasteiger partial charge on any atom is -0.386 e. The highest BCUT2D eigenvalue weighted by Crippen LogP contribution is 2.28. The molecule has 2 heterocycles. The van der Waals surface area contributed by atoms with Crippen molar-refractivity contribution in [3.05, 3.63) is 37.4 Å². The lowest BCUT2D eigenvalue weighted by molar-refractivity contribution is 0.179. The van der Waals surface area contributed by atoms with Gasteiger partial charge in [0.15, 0.2) is 0 Å². The number of aliphatic hydroxyl groups is 1. The van der Waals surface area contributed by atoms with E-state index >= 15 is 0 Å². The van der Waals surface area contributed by atoms with E-state index in [1.165, 1.54) is 21.1 Å². The van der Waals surface area contributed by atoms with Gasteiger partial charge in [0.25, 0.3) is 0 Å². The maximum Gasteiger partial charge on any atom is 0.123 e. The summed E-state index contributed by atoms with van der Waals surface area (Å²) in [4.78, 5) is 6.62. The molecule has 2 rings (SSSR count). The van der Waals surface area contributed by atoms with Crippen molar-refractivity contribution in [3.63, 3.8) is 0 Å². The number of rotatable bonds is 4. The van der Waals surface area contributed by atoms with E-state index in [4.69, 9.17) is 11.6 Å². The summed E-state index contributed by atoms with van der Waals surface area (Å²) in [5.41, 5.74) is 0. The van der Waals surface area contributed by atoms with Crippen LogP contribution in [0.1, 0.15) is 27.8 Å². The van der Waals surface area contributed by atoms with Gasteiger partial charge >= 0.3 is 0 Å².